The monoisotopic (exact) mass is 1380 g/mol. The molecule has 0 saturated heterocycles. The Labute approximate surface area is 573 Å². The van der Waals surface area contributed by atoms with E-state index in [2.05, 4.69) is 65.8 Å². The predicted octanol–water partition coefficient (Wildman–Crippen LogP) is 21.5. The molecule has 19 heteroatoms. The van der Waals surface area contributed by atoms with Crippen LogP contribution >= 0.6 is 15.6 Å². The Morgan fingerprint density at radius 2 is 0.574 bits per heavy atom. The molecule has 0 aromatic carbocycles. The molecule has 554 valence electrons. The minimum atomic E-state index is -4.96. The van der Waals surface area contributed by atoms with Crippen molar-refractivity contribution in [2.45, 2.75) is 381 Å². The van der Waals surface area contributed by atoms with E-state index >= 15 is 0 Å². The average Bonchev–Trinajstić information content (AvgIpc) is 1.21. The van der Waals surface area contributed by atoms with Gasteiger partial charge in [-0.15, -0.1) is 0 Å². The summed E-state index contributed by atoms with van der Waals surface area (Å²) in [6.07, 6.45) is 56.4. The predicted molar refractivity (Wildman–Crippen MR) is 381 cm³/mol. The van der Waals surface area contributed by atoms with Crippen molar-refractivity contribution >= 4 is 39.5 Å². The maximum Gasteiger partial charge on any atom is 0.472 e. The van der Waals surface area contributed by atoms with Crippen LogP contribution in [-0.4, -0.2) is 96.7 Å². The van der Waals surface area contributed by atoms with Crippen LogP contribution in [-0.2, 0) is 65.4 Å². The molecule has 0 fully saturated rings. The molecule has 94 heavy (non-hydrogen) atoms. The first kappa shape index (κ1) is 91.5. The van der Waals surface area contributed by atoms with Gasteiger partial charge in [0.25, 0.3) is 0 Å². The number of esters is 4. The molecule has 2 unspecified atom stereocenters. The van der Waals surface area contributed by atoms with Crippen molar-refractivity contribution in [2.75, 3.05) is 39.6 Å². The van der Waals surface area contributed by atoms with Crippen molar-refractivity contribution in [3.05, 3.63) is 24.3 Å². The number of phosphoric acid groups is 2. The normalized spacial score (nSPS) is 14.2. The SMILES string of the molecule is CCCCCC/C=C\C=C/CCCCCCCC(=O)OC[C@H](COP(=O)(O)OC[C@@H](O)COP(=O)(O)OC[C@@H](COC(=O)CCCCCCCCCCC(C)C)OC(=O)CCCCCCCCCCC(C)C)OC(=O)CCCCCCCCCCCCCCCCCCC. The third kappa shape index (κ3) is 68.1. The molecule has 3 N–H and O–H groups in total. The lowest BCUT2D eigenvalue weighted by Gasteiger charge is -2.21. The summed E-state index contributed by atoms with van der Waals surface area (Å²) in [5.74, 6) is -0.708. The van der Waals surface area contributed by atoms with Gasteiger partial charge in [0.05, 0.1) is 26.4 Å². The van der Waals surface area contributed by atoms with Crippen molar-refractivity contribution in [1.82, 2.24) is 0 Å². The molecular formula is C75H142O17P2. The lowest BCUT2D eigenvalue weighted by atomic mass is 10.0. The maximum absolute atomic E-state index is 13.1. The Morgan fingerprint density at radius 1 is 0.330 bits per heavy atom. The van der Waals surface area contributed by atoms with E-state index in [1.54, 1.807) is 0 Å². The zero-order valence-electron chi connectivity index (χ0n) is 60.7. The van der Waals surface area contributed by atoms with Gasteiger partial charge >= 0.3 is 39.5 Å². The molecule has 0 saturated carbocycles. The van der Waals surface area contributed by atoms with Gasteiger partial charge in [-0.2, -0.15) is 0 Å². The van der Waals surface area contributed by atoms with Crippen LogP contribution in [0.4, 0.5) is 0 Å². The van der Waals surface area contributed by atoms with Gasteiger partial charge in [0, 0.05) is 25.7 Å². The van der Waals surface area contributed by atoms with Crippen LogP contribution in [0.25, 0.3) is 0 Å². The summed E-state index contributed by atoms with van der Waals surface area (Å²) in [5.41, 5.74) is 0. The van der Waals surface area contributed by atoms with E-state index in [-0.39, 0.29) is 25.7 Å². The molecule has 0 rings (SSSR count). The van der Waals surface area contributed by atoms with E-state index in [0.29, 0.717) is 31.6 Å². The first-order valence-electron chi connectivity index (χ1n) is 38.3. The second kappa shape index (κ2) is 66.4. The first-order valence-corrected chi connectivity index (χ1v) is 41.3. The van der Waals surface area contributed by atoms with Gasteiger partial charge in [-0.05, 0) is 63.2 Å². The van der Waals surface area contributed by atoms with Gasteiger partial charge in [-0.25, -0.2) is 9.13 Å². The quantitative estimate of drug-likeness (QED) is 0.0169. The van der Waals surface area contributed by atoms with Crippen LogP contribution < -0.4 is 0 Å². The number of rotatable bonds is 72. The Balaban J connectivity index is 5.28. The van der Waals surface area contributed by atoms with E-state index < -0.39 is 97.5 Å². The molecule has 17 nitrogen and oxygen atoms in total. The molecule has 0 aromatic heterocycles. The van der Waals surface area contributed by atoms with Crippen LogP contribution in [0.5, 0.6) is 0 Å². The molecule has 0 spiro atoms. The molecule has 0 heterocycles. The number of carbonyl (C=O) groups is 4. The number of carbonyl (C=O) groups excluding carboxylic acids is 4. The molecule has 0 aliphatic heterocycles. The summed E-state index contributed by atoms with van der Waals surface area (Å²) in [7, 11) is -9.92. The third-order valence-corrected chi connectivity index (χ3v) is 18.7. The van der Waals surface area contributed by atoms with Crippen molar-refractivity contribution in [2.24, 2.45) is 11.8 Å². The topological polar surface area (TPSA) is 237 Å². The fourth-order valence-electron chi connectivity index (χ4n) is 10.9. The Bertz CT molecular complexity index is 1910. The highest BCUT2D eigenvalue weighted by Crippen LogP contribution is 2.45. The number of phosphoric ester groups is 2. The van der Waals surface area contributed by atoms with Crippen LogP contribution in [0.2, 0.25) is 0 Å². The highest BCUT2D eigenvalue weighted by molar-refractivity contribution is 7.47. The molecule has 0 amide bonds. The summed E-state index contributed by atoms with van der Waals surface area (Å²) in [4.78, 5) is 72.7. The second-order valence-corrected chi connectivity index (χ2v) is 30.2. The van der Waals surface area contributed by atoms with Gasteiger partial charge in [0.2, 0.25) is 0 Å². The molecule has 0 aromatic rings. The van der Waals surface area contributed by atoms with Crippen LogP contribution in [0.1, 0.15) is 363 Å². The number of allylic oxidation sites excluding steroid dienone is 4. The smallest absolute Gasteiger partial charge is 0.462 e. The second-order valence-electron chi connectivity index (χ2n) is 27.3. The third-order valence-electron chi connectivity index (χ3n) is 16.8. The minimum Gasteiger partial charge on any atom is -0.462 e. The summed E-state index contributed by atoms with van der Waals surface area (Å²) < 4.78 is 68.4. The Morgan fingerprint density at radius 3 is 0.872 bits per heavy atom. The van der Waals surface area contributed by atoms with E-state index in [4.69, 9.17) is 37.0 Å². The molecule has 0 radical (unpaired) electrons. The van der Waals surface area contributed by atoms with E-state index in [9.17, 15) is 43.2 Å². The number of hydrogen-bond donors (Lipinski definition) is 3. The zero-order chi connectivity index (χ0) is 69.3. The molecular weight excluding hydrogens is 1230 g/mol. The molecule has 0 aliphatic carbocycles. The van der Waals surface area contributed by atoms with Crippen molar-refractivity contribution in [3.63, 3.8) is 0 Å². The average molecular weight is 1380 g/mol. The van der Waals surface area contributed by atoms with Gasteiger partial charge in [0.15, 0.2) is 12.2 Å². The van der Waals surface area contributed by atoms with E-state index in [1.165, 1.54) is 161 Å². The minimum absolute atomic E-state index is 0.101. The van der Waals surface area contributed by atoms with Crippen molar-refractivity contribution in [3.8, 4) is 0 Å². The Hall–Kier alpha value is -2.46. The Kier molecular flexibility index (Phi) is 64.7. The summed E-state index contributed by atoms with van der Waals surface area (Å²) >= 11 is 0. The van der Waals surface area contributed by atoms with E-state index in [1.807, 2.05) is 0 Å². The van der Waals surface area contributed by atoms with Crippen LogP contribution in [0.3, 0.4) is 0 Å². The lowest BCUT2D eigenvalue weighted by molar-refractivity contribution is -0.161. The fraction of sp³-hybridized carbons (Fsp3) is 0.893. The standard InChI is InChI=1S/C75H142O17P2/c1-7-9-11-13-15-17-19-21-23-24-26-28-30-32-41-47-53-59-74(79)91-70(63-85-72(77)57-51-45-39-31-29-27-25-22-20-18-16-14-12-10-8-2)65-89-93(81,82)87-61-69(76)62-88-94(83,84)90-66-71(92-75(80)60-54-48-42-36-34-38-44-50-56-68(5)6)64-86-73(78)58-52-46-40-35-33-37-43-49-55-67(3)4/h18,20,22,25,67-71,76H,7-17,19,21,23-24,26-66H2,1-6H3,(H,81,82)(H,83,84)/b20-18-,25-22-/t69-,70-,71-/m1/s1. The summed E-state index contributed by atoms with van der Waals surface area (Å²) in [5, 5.41) is 10.6. The largest absolute Gasteiger partial charge is 0.472 e. The van der Waals surface area contributed by atoms with Gasteiger partial charge < -0.3 is 33.8 Å². The van der Waals surface area contributed by atoms with Gasteiger partial charge in [-0.3, -0.25) is 37.3 Å². The zero-order valence-corrected chi connectivity index (χ0v) is 62.5. The number of unbranched alkanes of at least 4 members (excludes halogenated alkanes) is 39. The first-order chi connectivity index (χ1) is 45.4. The highest BCUT2D eigenvalue weighted by Gasteiger charge is 2.30. The number of aliphatic hydroxyl groups excluding tert-OH is 1. The number of hydrogen-bond acceptors (Lipinski definition) is 15. The van der Waals surface area contributed by atoms with Crippen molar-refractivity contribution < 1.29 is 80.2 Å². The molecule has 5 atom stereocenters. The summed E-state index contributed by atoms with van der Waals surface area (Å²) in [6.45, 7) is 9.44. The van der Waals surface area contributed by atoms with Gasteiger partial charge in [0.1, 0.15) is 19.3 Å². The fourth-order valence-corrected chi connectivity index (χ4v) is 12.5. The van der Waals surface area contributed by atoms with Crippen molar-refractivity contribution in [1.29, 1.82) is 0 Å². The number of ether oxygens (including phenoxy) is 4. The van der Waals surface area contributed by atoms with Gasteiger partial charge in [-0.1, -0.05) is 310 Å². The van der Waals surface area contributed by atoms with Crippen LogP contribution in [0.15, 0.2) is 24.3 Å². The lowest BCUT2D eigenvalue weighted by Crippen LogP contribution is -2.30. The summed E-state index contributed by atoms with van der Waals surface area (Å²) in [6, 6.07) is 0. The molecule has 0 bridgehead atoms. The number of aliphatic hydroxyl groups is 1. The van der Waals surface area contributed by atoms with Crippen LogP contribution in [0, 0.1) is 11.8 Å². The van der Waals surface area contributed by atoms with E-state index in [0.717, 1.165) is 115 Å². The molecule has 0 aliphatic rings. The maximum atomic E-state index is 13.1. The highest BCUT2D eigenvalue weighted by atomic mass is 31.2.